The van der Waals surface area contributed by atoms with Gasteiger partial charge >= 0.3 is 5.97 Å². The summed E-state index contributed by atoms with van der Waals surface area (Å²) >= 11 is 0. The van der Waals surface area contributed by atoms with Gasteiger partial charge in [-0.25, -0.2) is 13.2 Å². The Morgan fingerprint density at radius 3 is 2.12 bits per heavy atom. The van der Waals surface area contributed by atoms with Crippen LogP contribution in [0.25, 0.3) is 0 Å². The minimum absolute atomic E-state index is 0.234. The lowest BCUT2D eigenvalue weighted by molar-refractivity contribution is 0.0697. The van der Waals surface area contributed by atoms with Gasteiger partial charge in [-0.1, -0.05) is 12.1 Å². The lowest BCUT2D eigenvalue weighted by Gasteiger charge is -2.22. The second-order valence-electron chi connectivity index (χ2n) is 4.35. The molecular weight excluding hydrogens is 240 g/mol. The van der Waals surface area contributed by atoms with Crippen LogP contribution in [0.1, 0.15) is 34.7 Å². The molecule has 0 spiro atoms. The van der Waals surface area contributed by atoms with E-state index in [0.29, 0.717) is 12.8 Å². The molecule has 1 aliphatic rings. The number of sulfone groups is 1. The minimum Gasteiger partial charge on any atom is -0.478 e. The van der Waals surface area contributed by atoms with E-state index in [1.807, 2.05) is 0 Å². The molecule has 0 unspecified atom stereocenters. The standard InChI is InChI=1S/C12H14O4S/c13-12(14)11-3-1-9(2-4-11)10-5-7-17(15,16)8-6-10/h1-4,10H,5-8H2,(H,13,14). The van der Waals surface area contributed by atoms with Crippen LogP contribution in [0.2, 0.25) is 0 Å². The van der Waals surface area contributed by atoms with Crippen molar-refractivity contribution in [2.45, 2.75) is 18.8 Å². The van der Waals surface area contributed by atoms with Crippen molar-refractivity contribution in [1.29, 1.82) is 0 Å². The van der Waals surface area contributed by atoms with E-state index in [0.717, 1.165) is 5.56 Å². The molecule has 2 rings (SSSR count). The maximum absolute atomic E-state index is 11.3. The first kappa shape index (κ1) is 12.1. The molecule has 1 aromatic carbocycles. The second kappa shape index (κ2) is 4.49. The van der Waals surface area contributed by atoms with Crippen LogP contribution in [0.4, 0.5) is 0 Å². The SMILES string of the molecule is O=C(O)c1ccc(C2CCS(=O)(=O)CC2)cc1. The highest BCUT2D eigenvalue weighted by molar-refractivity contribution is 7.91. The van der Waals surface area contributed by atoms with Crippen LogP contribution in [0.15, 0.2) is 24.3 Å². The van der Waals surface area contributed by atoms with Crippen molar-refractivity contribution in [2.24, 2.45) is 0 Å². The number of carboxylic acid groups (broad SMARTS) is 1. The molecule has 0 saturated carbocycles. The van der Waals surface area contributed by atoms with Crippen LogP contribution in [0.3, 0.4) is 0 Å². The number of carboxylic acids is 1. The monoisotopic (exact) mass is 254 g/mol. The van der Waals surface area contributed by atoms with Gasteiger partial charge in [0.25, 0.3) is 0 Å². The summed E-state index contributed by atoms with van der Waals surface area (Å²) in [6, 6.07) is 6.71. The van der Waals surface area contributed by atoms with Gasteiger partial charge in [0, 0.05) is 0 Å². The molecule has 0 atom stereocenters. The molecule has 1 aromatic rings. The fourth-order valence-corrected chi connectivity index (χ4v) is 3.61. The summed E-state index contributed by atoms with van der Waals surface area (Å²) in [7, 11) is -2.84. The van der Waals surface area contributed by atoms with E-state index in [4.69, 9.17) is 5.11 Å². The zero-order valence-corrected chi connectivity index (χ0v) is 10.1. The molecule has 1 heterocycles. The second-order valence-corrected chi connectivity index (χ2v) is 6.66. The number of benzene rings is 1. The van der Waals surface area contributed by atoms with Crippen molar-refractivity contribution >= 4 is 15.8 Å². The molecule has 0 bridgehead atoms. The van der Waals surface area contributed by atoms with Crippen LogP contribution in [0, 0.1) is 0 Å². The number of carbonyl (C=O) groups is 1. The van der Waals surface area contributed by atoms with Gasteiger partial charge in [-0.15, -0.1) is 0 Å². The van der Waals surface area contributed by atoms with E-state index < -0.39 is 15.8 Å². The van der Waals surface area contributed by atoms with Gasteiger partial charge in [0.15, 0.2) is 0 Å². The van der Waals surface area contributed by atoms with E-state index >= 15 is 0 Å². The highest BCUT2D eigenvalue weighted by Gasteiger charge is 2.24. The van der Waals surface area contributed by atoms with Crippen LogP contribution in [-0.4, -0.2) is 31.0 Å². The fourth-order valence-electron chi connectivity index (χ4n) is 2.12. The van der Waals surface area contributed by atoms with Crippen molar-refractivity contribution < 1.29 is 18.3 Å². The highest BCUT2D eigenvalue weighted by atomic mass is 32.2. The first-order valence-corrected chi connectivity index (χ1v) is 7.34. The summed E-state index contributed by atoms with van der Waals surface area (Å²) in [5.41, 5.74) is 1.29. The Bertz CT molecular complexity index is 502. The van der Waals surface area contributed by atoms with E-state index in [1.54, 1.807) is 24.3 Å². The number of hydrogen-bond donors (Lipinski definition) is 1. The third-order valence-electron chi connectivity index (χ3n) is 3.18. The molecule has 1 N–H and O–H groups in total. The van der Waals surface area contributed by atoms with Crippen LogP contribution in [0.5, 0.6) is 0 Å². The summed E-state index contributed by atoms with van der Waals surface area (Å²) in [5, 5.41) is 8.78. The van der Waals surface area contributed by atoms with Gasteiger partial charge in [-0.3, -0.25) is 0 Å². The molecule has 4 nitrogen and oxygen atoms in total. The molecule has 1 fully saturated rings. The third kappa shape index (κ3) is 2.85. The first-order valence-electron chi connectivity index (χ1n) is 5.51. The zero-order chi connectivity index (χ0) is 12.5. The Labute approximate surface area is 100 Å². The predicted octanol–water partition coefficient (Wildman–Crippen LogP) is 1.68. The molecule has 1 aliphatic heterocycles. The van der Waals surface area contributed by atoms with Gasteiger partial charge in [0.05, 0.1) is 17.1 Å². The molecule has 92 valence electrons. The molecule has 0 aromatic heterocycles. The summed E-state index contributed by atoms with van der Waals surface area (Å²) < 4.78 is 22.6. The van der Waals surface area contributed by atoms with Crippen LogP contribution >= 0.6 is 0 Å². The van der Waals surface area contributed by atoms with E-state index in [1.165, 1.54) is 0 Å². The number of rotatable bonds is 2. The van der Waals surface area contributed by atoms with Crippen LogP contribution < -0.4 is 0 Å². The fraction of sp³-hybridized carbons (Fsp3) is 0.417. The minimum atomic E-state index is -2.84. The van der Waals surface area contributed by atoms with Crippen LogP contribution in [-0.2, 0) is 9.84 Å². The molecule has 0 radical (unpaired) electrons. The average Bonchev–Trinajstić information content (AvgIpc) is 2.29. The Hall–Kier alpha value is -1.36. The van der Waals surface area contributed by atoms with Gasteiger partial charge in [0.1, 0.15) is 9.84 Å². The summed E-state index contributed by atoms with van der Waals surface area (Å²) in [6.45, 7) is 0. The van der Waals surface area contributed by atoms with E-state index in [9.17, 15) is 13.2 Å². The Morgan fingerprint density at radius 1 is 1.12 bits per heavy atom. The quantitative estimate of drug-likeness (QED) is 0.871. The molecule has 1 saturated heterocycles. The Balaban J connectivity index is 2.11. The average molecular weight is 254 g/mol. The predicted molar refractivity (Wildman–Crippen MR) is 64.0 cm³/mol. The molecule has 0 aliphatic carbocycles. The smallest absolute Gasteiger partial charge is 0.335 e. The van der Waals surface area contributed by atoms with Gasteiger partial charge < -0.3 is 5.11 Å². The highest BCUT2D eigenvalue weighted by Crippen LogP contribution is 2.29. The van der Waals surface area contributed by atoms with Crippen molar-refractivity contribution in [3.63, 3.8) is 0 Å². The maximum Gasteiger partial charge on any atom is 0.335 e. The van der Waals surface area contributed by atoms with Crippen molar-refractivity contribution in [3.8, 4) is 0 Å². The summed E-state index contributed by atoms with van der Waals surface area (Å²) in [6.07, 6.45) is 1.27. The summed E-state index contributed by atoms with van der Waals surface area (Å²) in [5.74, 6) is -0.236. The maximum atomic E-state index is 11.3. The van der Waals surface area contributed by atoms with E-state index in [2.05, 4.69) is 0 Å². The zero-order valence-electron chi connectivity index (χ0n) is 9.30. The lowest BCUT2D eigenvalue weighted by Crippen LogP contribution is -2.22. The van der Waals surface area contributed by atoms with E-state index in [-0.39, 0.29) is 23.0 Å². The topological polar surface area (TPSA) is 71.4 Å². The van der Waals surface area contributed by atoms with Gasteiger partial charge in [-0.05, 0) is 36.5 Å². The Morgan fingerprint density at radius 2 is 1.65 bits per heavy atom. The Kier molecular flexibility index (Phi) is 3.19. The van der Waals surface area contributed by atoms with Crippen molar-refractivity contribution in [3.05, 3.63) is 35.4 Å². The van der Waals surface area contributed by atoms with Gasteiger partial charge in [-0.2, -0.15) is 0 Å². The number of aromatic carboxylic acids is 1. The normalized spacial score (nSPS) is 20.0. The lowest BCUT2D eigenvalue weighted by atomic mass is 9.93. The first-order chi connectivity index (χ1) is 7.98. The number of hydrogen-bond acceptors (Lipinski definition) is 3. The largest absolute Gasteiger partial charge is 0.478 e. The third-order valence-corrected chi connectivity index (χ3v) is 4.90. The van der Waals surface area contributed by atoms with Crippen molar-refractivity contribution in [2.75, 3.05) is 11.5 Å². The van der Waals surface area contributed by atoms with Gasteiger partial charge in [0.2, 0.25) is 0 Å². The summed E-state index contributed by atoms with van der Waals surface area (Å²) in [4.78, 5) is 10.7. The molecule has 17 heavy (non-hydrogen) atoms. The molecule has 5 heteroatoms. The van der Waals surface area contributed by atoms with Crippen molar-refractivity contribution in [1.82, 2.24) is 0 Å². The molecular formula is C12H14O4S. The molecule has 0 amide bonds.